The molecular weight excluding hydrogens is 324 g/mol. The lowest BCUT2D eigenvalue weighted by Gasteiger charge is -2.35. The quantitative estimate of drug-likeness (QED) is 0.884. The van der Waals surface area contributed by atoms with E-state index < -0.39 is 0 Å². The topological polar surface area (TPSA) is 58.1 Å². The van der Waals surface area contributed by atoms with Crippen LogP contribution in [-0.4, -0.2) is 35.0 Å². The van der Waals surface area contributed by atoms with E-state index in [1.54, 1.807) is 6.20 Å². The molecule has 5 heteroatoms. The lowest BCUT2D eigenvalue weighted by atomic mass is 10.0. The van der Waals surface area contributed by atoms with E-state index in [0.29, 0.717) is 24.0 Å². The van der Waals surface area contributed by atoms with Gasteiger partial charge in [0.1, 0.15) is 11.4 Å². The monoisotopic (exact) mass is 352 g/mol. The van der Waals surface area contributed by atoms with Crippen molar-refractivity contribution in [2.45, 2.75) is 52.5 Å². The highest BCUT2D eigenvalue weighted by molar-refractivity contribution is 5.99. The molecule has 1 amide bonds. The van der Waals surface area contributed by atoms with Gasteiger partial charge in [0.2, 0.25) is 0 Å². The highest BCUT2D eigenvalue weighted by Crippen LogP contribution is 2.28. The number of nitrogens with zero attached hydrogens (tertiary/aromatic N) is 3. The molecule has 138 valence electrons. The molecule has 1 aromatic heterocycles. The Hall–Kier alpha value is -2.43. The molecule has 1 unspecified atom stereocenters. The molecule has 1 saturated heterocycles. The molecule has 1 N–H and O–H groups in total. The van der Waals surface area contributed by atoms with Crippen molar-refractivity contribution in [2.24, 2.45) is 0 Å². The minimum atomic E-state index is -0.0876. The predicted octanol–water partition coefficient (Wildman–Crippen LogP) is 3.97. The number of amides is 1. The molecule has 0 saturated carbocycles. The van der Waals surface area contributed by atoms with Crippen LogP contribution in [0, 0.1) is 6.92 Å². The van der Waals surface area contributed by atoms with Crippen molar-refractivity contribution in [3.05, 3.63) is 41.6 Å². The Morgan fingerprint density at radius 2 is 2.19 bits per heavy atom. The number of hydrogen-bond acceptors (Lipinski definition) is 4. The molecule has 0 aliphatic carbocycles. The van der Waals surface area contributed by atoms with E-state index >= 15 is 0 Å². The summed E-state index contributed by atoms with van der Waals surface area (Å²) in [5, 5.41) is 2.97. The molecule has 0 radical (unpaired) electrons. The fraction of sp³-hybridized carbons (Fsp3) is 0.476. The van der Waals surface area contributed by atoms with Crippen molar-refractivity contribution in [3.63, 3.8) is 0 Å². The average Bonchev–Trinajstić information content (AvgIpc) is 2.66. The van der Waals surface area contributed by atoms with E-state index in [1.165, 1.54) is 12.0 Å². The maximum Gasteiger partial charge on any atom is 0.256 e. The van der Waals surface area contributed by atoms with Crippen LogP contribution in [0.25, 0.3) is 11.4 Å². The zero-order chi connectivity index (χ0) is 18.5. The van der Waals surface area contributed by atoms with E-state index in [4.69, 9.17) is 4.98 Å². The van der Waals surface area contributed by atoms with Gasteiger partial charge >= 0.3 is 0 Å². The first kappa shape index (κ1) is 18.4. The van der Waals surface area contributed by atoms with Crippen LogP contribution >= 0.6 is 0 Å². The summed E-state index contributed by atoms with van der Waals surface area (Å²) in [6, 6.07) is 8.54. The molecule has 0 spiro atoms. The molecule has 5 nitrogen and oxygen atoms in total. The lowest BCUT2D eigenvalue weighted by Crippen LogP contribution is -2.40. The van der Waals surface area contributed by atoms with Gasteiger partial charge in [-0.05, 0) is 45.6 Å². The second-order valence-corrected chi connectivity index (χ2v) is 7.09. The number of benzene rings is 1. The lowest BCUT2D eigenvalue weighted by molar-refractivity contribution is 0.0953. The zero-order valence-corrected chi connectivity index (χ0v) is 16.0. The SMILES string of the molecule is CCCNC(=O)c1cnc(-c2cccc(C)c2)nc1N1CCCCC1C. The molecule has 1 aliphatic heterocycles. The first-order valence-corrected chi connectivity index (χ1v) is 9.59. The highest BCUT2D eigenvalue weighted by Gasteiger charge is 2.25. The van der Waals surface area contributed by atoms with Crippen molar-refractivity contribution in [1.82, 2.24) is 15.3 Å². The number of nitrogens with one attached hydrogen (secondary N) is 1. The summed E-state index contributed by atoms with van der Waals surface area (Å²) < 4.78 is 0. The third-order valence-corrected chi connectivity index (χ3v) is 4.90. The number of rotatable bonds is 5. The standard InChI is InChI=1S/C21H28N4O/c1-4-11-22-21(26)18-14-23-19(17-10-7-8-15(2)13-17)24-20(18)25-12-6-5-9-16(25)3/h7-8,10,13-14,16H,4-6,9,11-12H2,1-3H3,(H,22,26). The van der Waals surface area contributed by atoms with Gasteiger partial charge in [-0.1, -0.05) is 30.7 Å². The van der Waals surface area contributed by atoms with Gasteiger partial charge in [0, 0.05) is 30.9 Å². The van der Waals surface area contributed by atoms with E-state index in [0.717, 1.165) is 37.2 Å². The number of aromatic nitrogens is 2. The van der Waals surface area contributed by atoms with Crippen LogP contribution in [0.3, 0.4) is 0 Å². The third kappa shape index (κ3) is 4.03. The van der Waals surface area contributed by atoms with E-state index in [1.807, 2.05) is 19.1 Å². The molecule has 3 rings (SSSR count). The van der Waals surface area contributed by atoms with Crippen molar-refractivity contribution < 1.29 is 4.79 Å². The van der Waals surface area contributed by atoms with Crippen LogP contribution in [0.4, 0.5) is 5.82 Å². The number of anilines is 1. The number of aryl methyl sites for hydroxylation is 1. The van der Waals surface area contributed by atoms with E-state index in [2.05, 4.69) is 41.2 Å². The molecule has 1 fully saturated rings. The molecule has 2 aromatic rings. The first-order chi connectivity index (χ1) is 12.6. The van der Waals surface area contributed by atoms with Gasteiger partial charge in [-0.2, -0.15) is 0 Å². The van der Waals surface area contributed by atoms with Crippen LogP contribution < -0.4 is 10.2 Å². The Morgan fingerprint density at radius 1 is 1.35 bits per heavy atom. The smallest absolute Gasteiger partial charge is 0.256 e. The fourth-order valence-corrected chi connectivity index (χ4v) is 3.42. The Kier molecular flexibility index (Phi) is 5.86. The van der Waals surface area contributed by atoms with Gasteiger partial charge in [0.25, 0.3) is 5.91 Å². The van der Waals surface area contributed by atoms with Gasteiger partial charge < -0.3 is 10.2 Å². The summed E-state index contributed by atoms with van der Waals surface area (Å²) >= 11 is 0. The number of piperidine rings is 1. The Labute approximate surface area is 155 Å². The number of carbonyl (C=O) groups excluding carboxylic acids is 1. The minimum absolute atomic E-state index is 0.0876. The van der Waals surface area contributed by atoms with Crippen molar-refractivity contribution in [3.8, 4) is 11.4 Å². The molecular formula is C21H28N4O. The first-order valence-electron chi connectivity index (χ1n) is 9.59. The summed E-state index contributed by atoms with van der Waals surface area (Å²) in [5.41, 5.74) is 2.73. The normalized spacial score (nSPS) is 17.2. The van der Waals surface area contributed by atoms with Crippen LogP contribution in [0.2, 0.25) is 0 Å². The minimum Gasteiger partial charge on any atom is -0.353 e. The summed E-state index contributed by atoms with van der Waals surface area (Å²) in [7, 11) is 0. The average molecular weight is 352 g/mol. The maximum absolute atomic E-state index is 12.7. The molecule has 1 aromatic carbocycles. The number of hydrogen-bond donors (Lipinski definition) is 1. The third-order valence-electron chi connectivity index (χ3n) is 4.90. The largest absolute Gasteiger partial charge is 0.353 e. The highest BCUT2D eigenvalue weighted by atomic mass is 16.1. The van der Waals surface area contributed by atoms with Crippen LogP contribution in [0.1, 0.15) is 55.5 Å². The van der Waals surface area contributed by atoms with Crippen molar-refractivity contribution in [1.29, 1.82) is 0 Å². The second-order valence-electron chi connectivity index (χ2n) is 7.09. The maximum atomic E-state index is 12.7. The van der Waals surface area contributed by atoms with Crippen molar-refractivity contribution >= 4 is 11.7 Å². The Bertz CT molecular complexity index is 774. The Morgan fingerprint density at radius 3 is 2.92 bits per heavy atom. The van der Waals surface area contributed by atoms with Crippen LogP contribution in [0.15, 0.2) is 30.5 Å². The molecule has 1 atom stereocenters. The second kappa shape index (κ2) is 8.30. The van der Waals surface area contributed by atoms with Gasteiger partial charge in [0.15, 0.2) is 5.82 Å². The summed E-state index contributed by atoms with van der Waals surface area (Å²) in [4.78, 5) is 24.3. The fourth-order valence-electron chi connectivity index (χ4n) is 3.42. The van der Waals surface area contributed by atoms with Gasteiger partial charge in [-0.3, -0.25) is 4.79 Å². The van der Waals surface area contributed by atoms with E-state index in [9.17, 15) is 4.79 Å². The molecule has 2 heterocycles. The van der Waals surface area contributed by atoms with Gasteiger partial charge in [-0.15, -0.1) is 0 Å². The van der Waals surface area contributed by atoms with Gasteiger partial charge in [-0.25, -0.2) is 9.97 Å². The van der Waals surface area contributed by atoms with Crippen LogP contribution in [0.5, 0.6) is 0 Å². The summed E-state index contributed by atoms with van der Waals surface area (Å²) in [6.07, 6.45) is 6.07. The Balaban J connectivity index is 2.03. The summed E-state index contributed by atoms with van der Waals surface area (Å²) in [5.74, 6) is 1.35. The molecule has 1 aliphatic rings. The predicted molar refractivity (Wildman–Crippen MR) is 105 cm³/mol. The van der Waals surface area contributed by atoms with Crippen LogP contribution in [-0.2, 0) is 0 Å². The summed E-state index contributed by atoms with van der Waals surface area (Å²) in [6.45, 7) is 7.91. The molecule has 0 bridgehead atoms. The van der Waals surface area contributed by atoms with Gasteiger partial charge in [0.05, 0.1) is 0 Å². The number of carbonyl (C=O) groups is 1. The van der Waals surface area contributed by atoms with E-state index in [-0.39, 0.29) is 5.91 Å². The van der Waals surface area contributed by atoms with Crippen molar-refractivity contribution in [2.75, 3.05) is 18.0 Å². The molecule has 26 heavy (non-hydrogen) atoms. The zero-order valence-electron chi connectivity index (χ0n) is 16.0.